The van der Waals surface area contributed by atoms with Gasteiger partial charge < -0.3 is 19.8 Å². The summed E-state index contributed by atoms with van der Waals surface area (Å²) in [5, 5.41) is 22.4. The van der Waals surface area contributed by atoms with Gasteiger partial charge >= 0.3 is 0 Å². The van der Waals surface area contributed by atoms with Crippen LogP contribution in [0.4, 0.5) is 22.7 Å². The molecule has 0 unspecified atom stereocenters. The van der Waals surface area contributed by atoms with Crippen molar-refractivity contribution in [2.45, 2.75) is 38.0 Å². The number of hydrogen-bond donors (Lipinski definition) is 2. The maximum absolute atomic E-state index is 14.3. The first-order valence-corrected chi connectivity index (χ1v) is 15.8. The first-order chi connectivity index (χ1) is 22.8. The van der Waals surface area contributed by atoms with Gasteiger partial charge in [0.25, 0.3) is 11.8 Å². The molecule has 9 nitrogen and oxygen atoms in total. The molecule has 238 valence electrons. The molecule has 4 aromatic rings. The van der Waals surface area contributed by atoms with E-state index in [1.54, 1.807) is 71.3 Å². The van der Waals surface area contributed by atoms with E-state index in [9.17, 15) is 24.6 Å². The monoisotopic (exact) mass is 629 g/mol. The van der Waals surface area contributed by atoms with E-state index in [0.717, 1.165) is 11.1 Å². The molecule has 3 heterocycles. The maximum Gasteiger partial charge on any atom is 0.269 e. The topological polar surface area (TPSA) is 111 Å². The molecule has 0 spiro atoms. The summed E-state index contributed by atoms with van der Waals surface area (Å²) in [4.78, 5) is 45.5. The Morgan fingerprint density at radius 3 is 2.43 bits per heavy atom. The Hall–Kier alpha value is -5.25. The first kappa shape index (κ1) is 30.4. The number of fused-ring (bicyclic) bond motifs is 3. The number of nitrogens with zero attached hydrogens (tertiary/aromatic N) is 3. The average Bonchev–Trinajstić information content (AvgIpc) is 3.33. The first-order valence-electron chi connectivity index (χ1n) is 15.8. The minimum atomic E-state index is -1.99. The minimum absolute atomic E-state index is 0.0433. The molecule has 3 atom stereocenters. The third kappa shape index (κ3) is 5.17. The molecule has 0 saturated carbocycles. The number of carbonyl (C=O) groups is 3. The van der Waals surface area contributed by atoms with Crippen LogP contribution >= 0.6 is 0 Å². The highest BCUT2D eigenvalue weighted by atomic mass is 16.5. The number of aliphatic hydroxyl groups is 2. The van der Waals surface area contributed by atoms with Gasteiger partial charge in [0.2, 0.25) is 5.91 Å². The van der Waals surface area contributed by atoms with Gasteiger partial charge in [0.1, 0.15) is 5.75 Å². The number of benzene rings is 4. The van der Waals surface area contributed by atoms with Crippen molar-refractivity contribution in [2.75, 3.05) is 23.0 Å². The lowest BCUT2D eigenvalue weighted by molar-refractivity contribution is -0.138. The van der Waals surface area contributed by atoms with E-state index in [4.69, 9.17) is 4.74 Å². The number of aliphatic hydroxyl groups excluding tert-OH is 1. The normalized spacial score (nSPS) is 20.9. The van der Waals surface area contributed by atoms with Gasteiger partial charge in [0, 0.05) is 35.8 Å². The minimum Gasteiger partial charge on any atom is -0.482 e. The van der Waals surface area contributed by atoms with Crippen molar-refractivity contribution in [1.82, 2.24) is 4.90 Å². The summed E-state index contributed by atoms with van der Waals surface area (Å²) < 4.78 is 5.63. The number of hydrogen-bond acceptors (Lipinski definition) is 6. The molecule has 3 amide bonds. The molecule has 9 heteroatoms. The molecular weight excluding hydrogens is 594 g/mol. The highest BCUT2D eigenvalue weighted by molar-refractivity contribution is 6.13. The van der Waals surface area contributed by atoms with Gasteiger partial charge in [-0.05, 0) is 60.0 Å². The van der Waals surface area contributed by atoms with Gasteiger partial charge in [0.15, 0.2) is 12.2 Å². The number of ether oxygens (including phenoxy) is 1. The summed E-state index contributed by atoms with van der Waals surface area (Å²) in [5.41, 5.74) is 2.73. The van der Waals surface area contributed by atoms with E-state index in [0.29, 0.717) is 47.0 Å². The van der Waals surface area contributed by atoms with Crippen LogP contribution in [-0.2, 0) is 33.0 Å². The summed E-state index contributed by atoms with van der Waals surface area (Å²) in [6, 6.07) is 29.2. The molecule has 2 N–H and O–H groups in total. The maximum atomic E-state index is 14.3. The quantitative estimate of drug-likeness (QED) is 0.274. The Morgan fingerprint density at radius 1 is 0.915 bits per heavy atom. The number of para-hydroxylation sites is 3. The van der Waals surface area contributed by atoms with E-state index in [2.05, 4.69) is 0 Å². The van der Waals surface area contributed by atoms with E-state index >= 15 is 0 Å². The fourth-order valence-electron chi connectivity index (χ4n) is 6.89. The van der Waals surface area contributed by atoms with Crippen LogP contribution in [0.15, 0.2) is 109 Å². The van der Waals surface area contributed by atoms with Crippen molar-refractivity contribution in [1.29, 1.82) is 0 Å². The molecule has 0 aliphatic carbocycles. The molecule has 0 bridgehead atoms. The highest BCUT2D eigenvalue weighted by Crippen LogP contribution is 2.50. The standard InChI is InChI=1S/C38H35N3O6/c1-25(10-9-17-35(43)39-22-27-12-6-5-11-26(27)20-30(39)23-42)38(46)31-21-29(40-33-15-7-8-16-34(33)47-24-36(40)44)18-19-32(31)41(37(38)45)28-13-3-2-4-14-28/h2-16,18-19,21,25,30,42,46H,17,20,22-24H2,1H3/b10-9+/t25-,30+,38+/m1/s1. The van der Waals surface area contributed by atoms with Gasteiger partial charge in [-0.3, -0.25) is 24.2 Å². The fourth-order valence-corrected chi connectivity index (χ4v) is 6.89. The van der Waals surface area contributed by atoms with Crippen LogP contribution in [0.5, 0.6) is 5.75 Å². The van der Waals surface area contributed by atoms with Crippen molar-refractivity contribution in [3.8, 4) is 5.75 Å². The predicted octanol–water partition coefficient (Wildman–Crippen LogP) is 5.14. The Kier molecular flexibility index (Phi) is 7.87. The Balaban J connectivity index is 1.21. The molecule has 7 rings (SSSR count). The van der Waals surface area contributed by atoms with E-state index < -0.39 is 17.4 Å². The Labute approximate surface area is 272 Å². The van der Waals surface area contributed by atoms with Crippen LogP contribution in [0, 0.1) is 5.92 Å². The van der Waals surface area contributed by atoms with E-state index in [1.165, 1.54) is 4.90 Å². The second-order valence-corrected chi connectivity index (χ2v) is 12.2. The molecule has 4 aromatic carbocycles. The Bertz CT molecular complexity index is 1890. The zero-order valence-corrected chi connectivity index (χ0v) is 26.0. The van der Waals surface area contributed by atoms with Crippen LogP contribution in [0.3, 0.4) is 0 Å². The van der Waals surface area contributed by atoms with E-state index in [1.807, 2.05) is 54.6 Å². The fraction of sp³-hybridized carbons (Fsp3) is 0.237. The van der Waals surface area contributed by atoms with Crippen LogP contribution < -0.4 is 14.5 Å². The van der Waals surface area contributed by atoms with E-state index in [-0.39, 0.29) is 37.5 Å². The molecular formula is C38H35N3O6. The van der Waals surface area contributed by atoms with Crippen molar-refractivity contribution in [3.05, 3.63) is 126 Å². The van der Waals surface area contributed by atoms with Gasteiger partial charge in [0.05, 0.1) is 24.0 Å². The zero-order valence-electron chi connectivity index (χ0n) is 26.0. The lowest BCUT2D eigenvalue weighted by Crippen LogP contribution is -2.46. The van der Waals surface area contributed by atoms with Gasteiger partial charge in [-0.2, -0.15) is 0 Å². The highest BCUT2D eigenvalue weighted by Gasteiger charge is 2.53. The van der Waals surface area contributed by atoms with Crippen LogP contribution in [0.1, 0.15) is 30.0 Å². The predicted molar refractivity (Wildman–Crippen MR) is 178 cm³/mol. The van der Waals surface area contributed by atoms with Gasteiger partial charge in [-0.15, -0.1) is 0 Å². The number of rotatable bonds is 7. The van der Waals surface area contributed by atoms with Gasteiger partial charge in [-0.1, -0.05) is 73.7 Å². The smallest absolute Gasteiger partial charge is 0.269 e. The van der Waals surface area contributed by atoms with Crippen LogP contribution in [0.25, 0.3) is 0 Å². The molecule has 0 fully saturated rings. The molecule has 47 heavy (non-hydrogen) atoms. The third-order valence-electron chi connectivity index (χ3n) is 9.40. The summed E-state index contributed by atoms with van der Waals surface area (Å²) in [6.07, 6.45) is 4.00. The SMILES string of the molecule is C[C@H](/C=C/CC(=O)N1Cc2ccccc2C[C@H]1CO)[C@@]1(O)C(=O)N(c2ccccc2)c2ccc(N3C(=O)COc4ccccc43)cc21. The molecule has 3 aliphatic heterocycles. The zero-order chi connectivity index (χ0) is 32.7. The van der Waals surface area contributed by atoms with Gasteiger partial charge in [-0.25, -0.2) is 0 Å². The van der Waals surface area contributed by atoms with Crippen LogP contribution in [0.2, 0.25) is 0 Å². The lowest BCUT2D eigenvalue weighted by Gasteiger charge is -2.36. The number of carbonyl (C=O) groups excluding carboxylic acids is 3. The summed E-state index contributed by atoms with van der Waals surface area (Å²) >= 11 is 0. The average molecular weight is 630 g/mol. The number of amides is 3. The van der Waals surface area contributed by atoms with Crippen molar-refractivity contribution in [3.63, 3.8) is 0 Å². The number of anilines is 4. The summed E-state index contributed by atoms with van der Waals surface area (Å²) in [5.74, 6) is -1.13. The molecule has 0 aromatic heterocycles. The lowest BCUT2D eigenvalue weighted by atomic mass is 9.82. The Morgan fingerprint density at radius 2 is 1.64 bits per heavy atom. The third-order valence-corrected chi connectivity index (χ3v) is 9.40. The molecule has 3 aliphatic rings. The second-order valence-electron chi connectivity index (χ2n) is 12.2. The molecule has 0 saturated heterocycles. The second kappa shape index (κ2) is 12.2. The summed E-state index contributed by atoms with van der Waals surface area (Å²) in [7, 11) is 0. The van der Waals surface area contributed by atoms with Crippen molar-refractivity contribution < 1.29 is 29.3 Å². The van der Waals surface area contributed by atoms with Crippen LogP contribution in [-0.4, -0.2) is 52.1 Å². The largest absolute Gasteiger partial charge is 0.482 e. The van der Waals surface area contributed by atoms with Crippen molar-refractivity contribution in [2.24, 2.45) is 5.92 Å². The van der Waals surface area contributed by atoms with Crippen molar-refractivity contribution >= 4 is 40.5 Å². The summed E-state index contributed by atoms with van der Waals surface area (Å²) in [6.45, 7) is 1.88. The molecule has 0 radical (unpaired) electrons.